The van der Waals surface area contributed by atoms with Crippen LogP contribution in [0.1, 0.15) is 32.6 Å². The molecule has 13 heavy (non-hydrogen) atoms. The minimum Gasteiger partial charge on any atom is -0.413 e. The molecule has 0 bridgehead atoms. The third-order valence-electron chi connectivity index (χ3n) is 2.54. The molecule has 0 saturated carbocycles. The Hall–Kier alpha value is -0.0831. The fourth-order valence-electron chi connectivity index (χ4n) is 1.77. The molecule has 1 aliphatic heterocycles. The molecule has 0 N–H and O–H groups in total. The first-order valence-electron chi connectivity index (χ1n) is 5.46. The second-order valence-electron chi connectivity index (χ2n) is 4.58. The lowest BCUT2D eigenvalue weighted by molar-refractivity contribution is 0.373. The second-order valence-corrected chi connectivity index (χ2v) is 8.74. The summed E-state index contributed by atoms with van der Waals surface area (Å²) in [5.74, 6) is 0. The highest BCUT2D eigenvalue weighted by molar-refractivity contribution is 6.72. The fraction of sp³-hybridized carbons (Fsp3) is 0.818. The lowest BCUT2D eigenvalue weighted by Gasteiger charge is -2.10. The van der Waals surface area contributed by atoms with Crippen molar-refractivity contribution in [1.82, 2.24) is 0 Å². The van der Waals surface area contributed by atoms with Crippen LogP contribution in [0.3, 0.4) is 0 Å². The first kappa shape index (κ1) is 11.0. The van der Waals surface area contributed by atoms with Gasteiger partial charge in [0, 0.05) is 0 Å². The molecule has 0 spiro atoms. The third-order valence-corrected chi connectivity index (χ3v) is 4.77. The van der Waals surface area contributed by atoms with Crippen LogP contribution < -0.4 is 0 Å². The third kappa shape index (κ3) is 4.10. The number of hydrogen-bond acceptors (Lipinski definition) is 1. The molecule has 76 valence electrons. The van der Waals surface area contributed by atoms with Gasteiger partial charge in [0.25, 0.3) is 0 Å². The standard InChI is InChI=1S/C11H22OSi/c1-4-5-6-7-8-11-9-12-13(2,3)10-11/h8H,4-7,9-10H2,1-3H3/b11-8+. The molecule has 0 unspecified atom stereocenters. The molecule has 1 heterocycles. The molecule has 1 rings (SSSR count). The van der Waals surface area contributed by atoms with E-state index in [9.17, 15) is 0 Å². The Morgan fingerprint density at radius 2 is 2.15 bits per heavy atom. The topological polar surface area (TPSA) is 9.23 Å². The highest BCUT2D eigenvalue weighted by atomic mass is 28.4. The van der Waals surface area contributed by atoms with Crippen molar-refractivity contribution in [1.29, 1.82) is 0 Å². The Kier molecular flexibility index (Phi) is 4.20. The molecule has 1 nitrogen and oxygen atoms in total. The zero-order valence-electron chi connectivity index (χ0n) is 9.23. The van der Waals surface area contributed by atoms with Gasteiger partial charge in [0.2, 0.25) is 0 Å². The summed E-state index contributed by atoms with van der Waals surface area (Å²) < 4.78 is 5.78. The minimum absolute atomic E-state index is 0.922. The van der Waals surface area contributed by atoms with Crippen molar-refractivity contribution < 1.29 is 4.43 Å². The lowest BCUT2D eigenvalue weighted by atomic mass is 10.1. The predicted octanol–water partition coefficient (Wildman–Crippen LogP) is 3.73. The second kappa shape index (κ2) is 4.96. The molecule has 0 aromatic carbocycles. The summed E-state index contributed by atoms with van der Waals surface area (Å²) in [7, 11) is -1.24. The number of allylic oxidation sites excluding steroid dienone is 1. The van der Waals surface area contributed by atoms with Crippen LogP contribution in [0, 0.1) is 0 Å². The maximum atomic E-state index is 5.78. The van der Waals surface area contributed by atoms with Crippen LogP contribution in [0.15, 0.2) is 11.6 Å². The Morgan fingerprint density at radius 3 is 2.69 bits per heavy atom. The van der Waals surface area contributed by atoms with E-state index < -0.39 is 8.32 Å². The van der Waals surface area contributed by atoms with Gasteiger partial charge in [-0.25, -0.2) is 0 Å². The first-order valence-corrected chi connectivity index (χ1v) is 8.57. The van der Waals surface area contributed by atoms with Crippen molar-refractivity contribution in [3.8, 4) is 0 Å². The van der Waals surface area contributed by atoms with Gasteiger partial charge < -0.3 is 4.43 Å². The molecule has 1 saturated heterocycles. The largest absolute Gasteiger partial charge is 0.413 e. The summed E-state index contributed by atoms with van der Waals surface area (Å²) in [5.41, 5.74) is 1.56. The van der Waals surface area contributed by atoms with Gasteiger partial charge in [0.1, 0.15) is 0 Å². The average molecular weight is 198 g/mol. The zero-order chi connectivity index (χ0) is 9.73. The van der Waals surface area contributed by atoms with E-state index in [2.05, 4.69) is 26.1 Å². The van der Waals surface area contributed by atoms with E-state index in [1.165, 1.54) is 31.7 Å². The highest BCUT2D eigenvalue weighted by Gasteiger charge is 2.30. The van der Waals surface area contributed by atoms with Gasteiger partial charge in [0.15, 0.2) is 8.32 Å². The van der Waals surface area contributed by atoms with Crippen molar-refractivity contribution in [2.24, 2.45) is 0 Å². The van der Waals surface area contributed by atoms with Gasteiger partial charge in [-0.1, -0.05) is 31.4 Å². The Balaban J connectivity index is 2.22. The summed E-state index contributed by atoms with van der Waals surface area (Å²) in [6.07, 6.45) is 7.71. The summed E-state index contributed by atoms with van der Waals surface area (Å²) in [4.78, 5) is 0. The molecule has 0 aromatic heterocycles. The quantitative estimate of drug-likeness (QED) is 0.380. The van der Waals surface area contributed by atoms with E-state index in [4.69, 9.17) is 4.43 Å². The zero-order valence-corrected chi connectivity index (χ0v) is 10.2. The molecular formula is C11H22OSi. The SMILES string of the molecule is CCCCC/C=C1\CO[Si](C)(C)C1. The summed E-state index contributed by atoms with van der Waals surface area (Å²) in [6, 6.07) is 1.26. The molecular weight excluding hydrogens is 176 g/mol. The summed E-state index contributed by atoms with van der Waals surface area (Å²) >= 11 is 0. The summed E-state index contributed by atoms with van der Waals surface area (Å²) in [6.45, 7) is 7.78. The predicted molar refractivity (Wildman–Crippen MR) is 60.5 cm³/mol. The minimum atomic E-state index is -1.24. The highest BCUT2D eigenvalue weighted by Crippen LogP contribution is 2.26. The van der Waals surface area contributed by atoms with E-state index in [1.54, 1.807) is 5.57 Å². The van der Waals surface area contributed by atoms with Crippen LogP contribution in [0.2, 0.25) is 19.1 Å². The Bertz CT molecular complexity index is 185. The lowest BCUT2D eigenvalue weighted by Crippen LogP contribution is -2.22. The molecule has 0 atom stereocenters. The van der Waals surface area contributed by atoms with Crippen LogP contribution in [0.5, 0.6) is 0 Å². The van der Waals surface area contributed by atoms with E-state index in [-0.39, 0.29) is 0 Å². The molecule has 0 aromatic rings. The van der Waals surface area contributed by atoms with Crippen LogP contribution >= 0.6 is 0 Å². The van der Waals surface area contributed by atoms with Gasteiger partial charge >= 0.3 is 0 Å². The van der Waals surface area contributed by atoms with Crippen LogP contribution in [-0.2, 0) is 4.43 Å². The van der Waals surface area contributed by atoms with Crippen LogP contribution in [-0.4, -0.2) is 14.9 Å². The van der Waals surface area contributed by atoms with Gasteiger partial charge in [-0.2, -0.15) is 0 Å². The first-order chi connectivity index (χ1) is 6.14. The number of unbranched alkanes of at least 4 members (excludes halogenated alkanes) is 3. The number of rotatable bonds is 4. The van der Waals surface area contributed by atoms with Gasteiger partial charge in [0.05, 0.1) is 6.61 Å². The Labute approximate surface area is 83.3 Å². The van der Waals surface area contributed by atoms with Gasteiger partial charge in [-0.15, -0.1) is 0 Å². The Morgan fingerprint density at radius 1 is 1.38 bits per heavy atom. The van der Waals surface area contributed by atoms with E-state index >= 15 is 0 Å². The fourth-order valence-corrected chi connectivity index (χ4v) is 3.79. The summed E-state index contributed by atoms with van der Waals surface area (Å²) in [5, 5.41) is 0. The molecule has 1 fully saturated rings. The normalized spacial score (nSPS) is 24.1. The van der Waals surface area contributed by atoms with Crippen molar-refractivity contribution in [2.45, 2.75) is 51.7 Å². The van der Waals surface area contributed by atoms with Crippen molar-refractivity contribution in [2.75, 3.05) is 6.61 Å². The maximum Gasteiger partial charge on any atom is 0.191 e. The van der Waals surface area contributed by atoms with E-state index in [0.29, 0.717) is 0 Å². The number of hydrogen-bond donors (Lipinski definition) is 0. The molecule has 0 aliphatic carbocycles. The van der Waals surface area contributed by atoms with E-state index in [0.717, 1.165) is 6.61 Å². The van der Waals surface area contributed by atoms with Crippen molar-refractivity contribution in [3.63, 3.8) is 0 Å². The molecule has 2 heteroatoms. The van der Waals surface area contributed by atoms with Crippen LogP contribution in [0.25, 0.3) is 0 Å². The monoisotopic (exact) mass is 198 g/mol. The van der Waals surface area contributed by atoms with Gasteiger partial charge in [-0.3, -0.25) is 0 Å². The maximum absolute atomic E-state index is 5.78. The molecule has 0 radical (unpaired) electrons. The molecule has 1 aliphatic rings. The van der Waals surface area contributed by atoms with Crippen molar-refractivity contribution in [3.05, 3.63) is 11.6 Å². The average Bonchev–Trinajstić information content (AvgIpc) is 2.40. The molecule has 0 amide bonds. The van der Waals surface area contributed by atoms with Gasteiger partial charge in [-0.05, 0) is 32.0 Å². The smallest absolute Gasteiger partial charge is 0.191 e. The van der Waals surface area contributed by atoms with Crippen molar-refractivity contribution >= 4 is 8.32 Å². The van der Waals surface area contributed by atoms with E-state index in [1.807, 2.05) is 0 Å². The van der Waals surface area contributed by atoms with Crippen LogP contribution in [0.4, 0.5) is 0 Å².